The maximum atomic E-state index is 11.0. The molecule has 1 rings (SSSR count). The van der Waals surface area contributed by atoms with Gasteiger partial charge in [-0.1, -0.05) is 30.3 Å². The Labute approximate surface area is 95.0 Å². The molecule has 0 heterocycles. The van der Waals surface area contributed by atoms with Gasteiger partial charge in [0.05, 0.1) is 20.6 Å². The lowest BCUT2D eigenvalue weighted by molar-refractivity contribution is -0.139. The van der Waals surface area contributed by atoms with Crippen molar-refractivity contribution in [2.75, 3.05) is 14.2 Å². The van der Waals surface area contributed by atoms with Gasteiger partial charge in [0, 0.05) is 5.22 Å². The largest absolute Gasteiger partial charge is 0.501 e. The first-order valence-corrected chi connectivity index (χ1v) is 5.06. The Kier molecular flexibility index (Phi) is 4.58. The van der Waals surface area contributed by atoms with Crippen LogP contribution in [0.4, 0.5) is 0 Å². The summed E-state index contributed by atoms with van der Waals surface area (Å²) in [5, 5.41) is 1.97. The smallest absolute Gasteiger partial charge is 0.309 e. The first-order chi connectivity index (χ1) is 7.69. The number of hydrogen-bond acceptors (Lipinski definition) is 3. The van der Waals surface area contributed by atoms with E-state index in [9.17, 15) is 4.79 Å². The van der Waals surface area contributed by atoms with Crippen molar-refractivity contribution in [1.82, 2.24) is 0 Å². The van der Waals surface area contributed by atoms with Crippen LogP contribution >= 0.6 is 0 Å². The van der Waals surface area contributed by atoms with Crippen LogP contribution in [-0.2, 0) is 14.3 Å². The number of ether oxygens (including phenoxy) is 2. The molecule has 0 spiro atoms. The average molecular weight is 220 g/mol. The Morgan fingerprint density at radius 1 is 1.25 bits per heavy atom. The van der Waals surface area contributed by atoms with Gasteiger partial charge in [-0.2, -0.15) is 0 Å². The van der Waals surface area contributed by atoms with Gasteiger partial charge in [-0.3, -0.25) is 4.79 Å². The van der Waals surface area contributed by atoms with E-state index in [0.717, 1.165) is 16.2 Å². The van der Waals surface area contributed by atoms with E-state index in [0.29, 0.717) is 0 Å². The number of rotatable bonds is 3. The predicted molar refractivity (Wildman–Crippen MR) is 62.9 cm³/mol. The fourth-order valence-electron chi connectivity index (χ4n) is 1.38. The summed E-state index contributed by atoms with van der Waals surface area (Å²) in [5.74, 6) is 0.585. The minimum atomic E-state index is -0.245. The molecule has 0 aromatic heterocycles. The van der Waals surface area contributed by atoms with E-state index in [4.69, 9.17) is 4.74 Å². The van der Waals surface area contributed by atoms with Crippen LogP contribution in [0.15, 0.2) is 24.3 Å². The molecule has 0 saturated heterocycles. The molecule has 0 aliphatic carbocycles. The topological polar surface area (TPSA) is 35.5 Å². The zero-order valence-corrected chi connectivity index (χ0v) is 9.82. The number of benzene rings is 1. The van der Waals surface area contributed by atoms with E-state index in [-0.39, 0.29) is 12.4 Å². The Hall–Kier alpha value is -1.77. The zero-order chi connectivity index (χ0) is 12.0. The SMILES string of the molecule is COC(=O)C/C=c1/cccc/c1=C(/C)OC. The Balaban J connectivity index is 3.19. The third-order valence-electron chi connectivity index (χ3n) is 2.36. The van der Waals surface area contributed by atoms with Crippen molar-refractivity contribution in [1.29, 1.82) is 0 Å². The number of methoxy groups -OCH3 is 2. The molecule has 0 radical (unpaired) electrons. The second-order valence-corrected chi connectivity index (χ2v) is 3.33. The molecule has 0 N–H and O–H groups in total. The van der Waals surface area contributed by atoms with Crippen molar-refractivity contribution in [3.05, 3.63) is 34.7 Å². The van der Waals surface area contributed by atoms with Gasteiger partial charge in [0.15, 0.2) is 0 Å². The molecule has 86 valence electrons. The normalized spacial score (nSPS) is 13.3. The summed E-state index contributed by atoms with van der Waals surface area (Å²) in [7, 11) is 3.01. The minimum Gasteiger partial charge on any atom is -0.501 e. The molecule has 0 unspecified atom stereocenters. The second kappa shape index (κ2) is 5.95. The summed E-state index contributed by atoms with van der Waals surface area (Å²) in [5.41, 5.74) is 0. The molecule has 16 heavy (non-hydrogen) atoms. The highest BCUT2D eigenvalue weighted by molar-refractivity contribution is 5.75. The highest BCUT2D eigenvalue weighted by Crippen LogP contribution is 1.89. The van der Waals surface area contributed by atoms with Crippen molar-refractivity contribution >= 4 is 17.8 Å². The van der Waals surface area contributed by atoms with Gasteiger partial charge < -0.3 is 9.47 Å². The molecule has 0 aliphatic heterocycles. The third kappa shape index (κ3) is 3.12. The van der Waals surface area contributed by atoms with Crippen LogP contribution in [0, 0.1) is 0 Å². The average Bonchev–Trinajstić information content (AvgIpc) is 2.35. The fraction of sp³-hybridized carbons (Fsp3) is 0.308. The molecule has 0 fully saturated rings. The predicted octanol–water partition coefficient (Wildman–Crippen LogP) is 0.805. The zero-order valence-electron chi connectivity index (χ0n) is 9.82. The van der Waals surface area contributed by atoms with Crippen molar-refractivity contribution < 1.29 is 14.3 Å². The summed E-state index contributed by atoms with van der Waals surface area (Å²) >= 11 is 0. The van der Waals surface area contributed by atoms with Crippen molar-refractivity contribution in [2.45, 2.75) is 13.3 Å². The number of carbonyl (C=O) groups excluding carboxylic acids is 1. The van der Waals surface area contributed by atoms with Crippen molar-refractivity contribution in [3.63, 3.8) is 0 Å². The quantitative estimate of drug-likeness (QED) is 0.707. The molecule has 3 nitrogen and oxygen atoms in total. The standard InChI is InChI=1S/C13H16O3/c1-10(15-2)12-7-5-4-6-11(12)8-9-13(14)16-3/h4-8H,9H2,1-3H3/b11-8-,12-10+. The summed E-state index contributed by atoms with van der Waals surface area (Å²) in [4.78, 5) is 11.0. The van der Waals surface area contributed by atoms with Gasteiger partial charge in [-0.15, -0.1) is 0 Å². The van der Waals surface area contributed by atoms with E-state index in [1.807, 2.05) is 37.3 Å². The monoisotopic (exact) mass is 220 g/mol. The molecule has 0 atom stereocenters. The lowest BCUT2D eigenvalue weighted by atomic mass is 10.2. The van der Waals surface area contributed by atoms with Crippen LogP contribution < -0.4 is 10.4 Å². The Bertz CT molecular complexity index is 474. The summed E-state index contributed by atoms with van der Waals surface area (Å²) in [6.45, 7) is 1.89. The van der Waals surface area contributed by atoms with Crippen molar-refractivity contribution in [3.8, 4) is 0 Å². The van der Waals surface area contributed by atoms with Gasteiger partial charge >= 0.3 is 5.97 Å². The minimum absolute atomic E-state index is 0.245. The Morgan fingerprint density at radius 3 is 2.56 bits per heavy atom. The molecule has 1 aromatic rings. The van der Waals surface area contributed by atoms with Gasteiger partial charge in [0.25, 0.3) is 0 Å². The number of carbonyl (C=O) groups is 1. The summed E-state index contributed by atoms with van der Waals surface area (Å²) in [6.07, 6.45) is 2.11. The molecule has 0 aliphatic rings. The molecule has 3 heteroatoms. The highest BCUT2D eigenvalue weighted by atomic mass is 16.5. The van der Waals surface area contributed by atoms with Gasteiger partial charge in [-0.05, 0) is 12.1 Å². The lowest BCUT2D eigenvalue weighted by Crippen LogP contribution is -2.26. The maximum absolute atomic E-state index is 11.0. The third-order valence-corrected chi connectivity index (χ3v) is 2.36. The second-order valence-electron chi connectivity index (χ2n) is 3.33. The van der Waals surface area contributed by atoms with Gasteiger partial charge in [-0.25, -0.2) is 0 Å². The van der Waals surface area contributed by atoms with Gasteiger partial charge in [0.2, 0.25) is 0 Å². The Morgan fingerprint density at radius 2 is 1.94 bits per heavy atom. The van der Waals surface area contributed by atoms with E-state index >= 15 is 0 Å². The molecule has 0 bridgehead atoms. The summed E-state index contributed by atoms with van der Waals surface area (Å²) in [6, 6.07) is 7.77. The van der Waals surface area contributed by atoms with Crippen LogP contribution in [0.25, 0.3) is 11.8 Å². The molecule has 0 amide bonds. The first kappa shape index (κ1) is 12.3. The van der Waals surface area contributed by atoms with E-state index in [1.165, 1.54) is 7.11 Å². The van der Waals surface area contributed by atoms with Crippen LogP contribution in [-0.4, -0.2) is 20.2 Å². The van der Waals surface area contributed by atoms with Crippen LogP contribution in [0.3, 0.4) is 0 Å². The summed E-state index contributed by atoms with van der Waals surface area (Å²) < 4.78 is 9.78. The highest BCUT2D eigenvalue weighted by Gasteiger charge is 1.96. The van der Waals surface area contributed by atoms with E-state index in [2.05, 4.69) is 4.74 Å². The first-order valence-electron chi connectivity index (χ1n) is 5.06. The lowest BCUT2D eigenvalue weighted by Gasteiger charge is -1.99. The van der Waals surface area contributed by atoms with E-state index in [1.54, 1.807) is 7.11 Å². The molecular formula is C13H16O3. The molecule has 1 aromatic carbocycles. The molecule has 0 saturated carbocycles. The number of hydrogen-bond donors (Lipinski definition) is 0. The van der Waals surface area contributed by atoms with Crippen LogP contribution in [0.5, 0.6) is 0 Å². The molecular weight excluding hydrogens is 204 g/mol. The maximum Gasteiger partial charge on any atom is 0.309 e. The van der Waals surface area contributed by atoms with Gasteiger partial charge in [0.1, 0.15) is 5.76 Å². The number of esters is 1. The fourth-order valence-corrected chi connectivity index (χ4v) is 1.38. The van der Waals surface area contributed by atoms with Crippen LogP contribution in [0.2, 0.25) is 0 Å². The van der Waals surface area contributed by atoms with E-state index < -0.39 is 0 Å². The van der Waals surface area contributed by atoms with Crippen molar-refractivity contribution in [2.24, 2.45) is 0 Å². The van der Waals surface area contributed by atoms with Crippen LogP contribution in [0.1, 0.15) is 13.3 Å².